The fraction of sp³-hybridized carbons (Fsp3) is 0.389. The van der Waals surface area contributed by atoms with Gasteiger partial charge in [0.15, 0.2) is 0 Å². The monoisotopic (exact) mass is 324 g/mol. The fourth-order valence-corrected chi connectivity index (χ4v) is 3.31. The molecule has 1 amide bonds. The average molecular weight is 324 g/mol. The molecule has 0 bridgehead atoms. The van der Waals surface area contributed by atoms with Gasteiger partial charge < -0.3 is 14.5 Å². The van der Waals surface area contributed by atoms with Gasteiger partial charge in [-0.2, -0.15) is 0 Å². The van der Waals surface area contributed by atoms with Crippen molar-refractivity contribution in [3.8, 4) is 0 Å². The van der Waals surface area contributed by atoms with Crippen LogP contribution in [0, 0.1) is 0 Å². The zero-order chi connectivity index (χ0) is 16.4. The highest BCUT2D eigenvalue weighted by Gasteiger charge is 2.25. The van der Waals surface area contributed by atoms with Crippen molar-refractivity contribution in [2.24, 2.45) is 0 Å². The van der Waals surface area contributed by atoms with E-state index in [4.69, 9.17) is 4.74 Å². The molecule has 1 saturated heterocycles. The molecule has 24 heavy (non-hydrogen) atoms. The molecule has 2 aliphatic rings. The zero-order valence-electron chi connectivity index (χ0n) is 13.5. The molecular weight excluding hydrogens is 304 g/mol. The van der Waals surface area contributed by atoms with Gasteiger partial charge in [0, 0.05) is 31.4 Å². The minimum atomic E-state index is -0.0564. The van der Waals surface area contributed by atoms with E-state index in [-0.39, 0.29) is 5.91 Å². The van der Waals surface area contributed by atoms with Crippen LogP contribution < -0.4 is 9.80 Å². The summed E-state index contributed by atoms with van der Waals surface area (Å²) in [4.78, 5) is 25.5. The Morgan fingerprint density at radius 3 is 2.79 bits per heavy atom. The molecule has 0 atom stereocenters. The Morgan fingerprint density at radius 1 is 1.08 bits per heavy atom. The van der Waals surface area contributed by atoms with Crippen LogP contribution in [-0.2, 0) is 11.2 Å². The largest absolute Gasteiger partial charge is 0.378 e. The van der Waals surface area contributed by atoms with Crippen LogP contribution in [0.15, 0.2) is 36.7 Å². The Hall–Kier alpha value is -2.47. The number of para-hydroxylation sites is 1. The first-order valence-electron chi connectivity index (χ1n) is 8.37. The molecule has 0 aliphatic carbocycles. The predicted molar refractivity (Wildman–Crippen MR) is 91.5 cm³/mol. The van der Waals surface area contributed by atoms with Crippen LogP contribution in [0.3, 0.4) is 0 Å². The number of aromatic nitrogens is 2. The van der Waals surface area contributed by atoms with Crippen LogP contribution in [0.1, 0.15) is 22.5 Å². The van der Waals surface area contributed by atoms with Crippen LogP contribution in [0.2, 0.25) is 0 Å². The molecule has 124 valence electrons. The number of hydrogen-bond acceptors (Lipinski definition) is 5. The van der Waals surface area contributed by atoms with Crippen LogP contribution in [0.5, 0.6) is 0 Å². The Bertz CT molecular complexity index is 743. The number of benzene rings is 1. The maximum atomic E-state index is 13.0. The Morgan fingerprint density at radius 2 is 1.92 bits per heavy atom. The molecule has 0 N–H and O–H groups in total. The normalized spacial score (nSPS) is 17.5. The Kier molecular flexibility index (Phi) is 4.13. The molecule has 6 nitrogen and oxygen atoms in total. The molecule has 6 heteroatoms. The average Bonchev–Trinajstić information content (AvgIpc) is 2.68. The predicted octanol–water partition coefficient (Wildman–Crippen LogP) is 1.91. The summed E-state index contributed by atoms with van der Waals surface area (Å²) in [5, 5.41) is 0. The van der Waals surface area contributed by atoms with Gasteiger partial charge in [-0.05, 0) is 24.5 Å². The smallest absolute Gasteiger partial charge is 0.277 e. The lowest BCUT2D eigenvalue weighted by Crippen LogP contribution is -2.38. The van der Waals surface area contributed by atoms with E-state index in [1.54, 1.807) is 6.07 Å². The van der Waals surface area contributed by atoms with Crippen molar-refractivity contribution >= 4 is 17.4 Å². The van der Waals surface area contributed by atoms with Crippen LogP contribution in [0.25, 0.3) is 0 Å². The summed E-state index contributed by atoms with van der Waals surface area (Å²) >= 11 is 0. The van der Waals surface area contributed by atoms with Crippen molar-refractivity contribution < 1.29 is 9.53 Å². The highest BCUT2D eigenvalue weighted by molar-refractivity contribution is 6.05. The summed E-state index contributed by atoms with van der Waals surface area (Å²) in [6.07, 6.45) is 3.47. The molecule has 1 aromatic heterocycles. The second-order valence-corrected chi connectivity index (χ2v) is 6.05. The number of hydrogen-bond donors (Lipinski definition) is 0. The van der Waals surface area contributed by atoms with Gasteiger partial charge in [-0.25, -0.2) is 9.97 Å². The van der Waals surface area contributed by atoms with Gasteiger partial charge in [-0.3, -0.25) is 4.79 Å². The summed E-state index contributed by atoms with van der Waals surface area (Å²) in [5.41, 5.74) is 2.67. The Balaban J connectivity index is 1.61. The quantitative estimate of drug-likeness (QED) is 0.844. The number of anilines is 2. The molecule has 2 aliphatic heterocycles. The van der Waals surface area contributed by atoms with E-state index in [1.165, 1.54) is 11.9 Å². The van der Waals surface area contributed by atoms with E-state index in [0.717, 1.165) is 44.0 Å². The minimum absolute atomic E-state index is 0.0564. The van der Waals surface area contributed by atoms with E-state index in [9.17, 15) is 4.79 Å². The van der Waals surface area contributed by atoms with Crippen molar-refractivity contribution in [1.82, 2.24) is 9.97 Å². The van der Waals surface area contributed by atoms with Crippen molar-refractivity contribution in [1.29, 1.82) is 0 Å². The number of ether oxygens (including phenoxy) is 1. The molecule has 0 unspecified atom stereocenters. The SMILES string of the molecule is O=C(c1cc(N2CCOCC2)ncn1)N1CCCc2ccccc21. The van der Waals surface area contributed by atoms with Crippen molar-refractivity contribution in [3.05, 3.63) is 47.9 Å². The third kappa shape index (κ3) is 2.85. The van der Waals surface area contributed by atoms with Gasteiger partial charge in [0.25, 0.3) is 5.91 Å². The topological polar surface area (TPSA) is 58.6 Å². The summed E-state index contributed by atoms with van der Waals surface area (Å²) in [6.45, 7) is 3.68. The highest BCUT2D eigenvalue weighted by atomic mass is 16.5. The molecule has 0 saturated carbocycles. The first-order valence-corrected chi connectivity index (χ1v) is 8.37. The third-order valence-electron chi connectivity index (χ3n) is 4.56. The molecule has 0 radical (unpaired) electrons. The van der Waals surface area contributed by atoms with E-state index in [1.807, 2.05) is 23.1 Å². The molecule has 1 fully saturated rings. The van der Waals surface area contributed by atoms with Gasteiger partial charge in [0.05, 0.1) is 13.2 Å². The van der Waals surface area contributed by atoms with Crippen molar-refractivity contribution in [2.45, 2.75) is 12.8 Å². The molecule has 3 heterocycles. The van der Waals surface area contributed by atoms with E-state index >= 15 is 0 Å². The first-order chi connectivity index (χ1) is 11.8. The van der Waals surface area contributed by atoms with Gasteiger partial charge in [-0.15, -0.1) is 0 Å². The highest BCUT2D eigenvalue weighted by Crippen LogP contribution is 2.28. The minimum Gasteiger partial charge on any atom is -0.378 e. The number of carbonyl (C=O) groups is 1. The number of nitrogens with zero attached hydrogens (tertiary/aromatic N) is 4. The molecule has 4 rings (SSSR count). The zero-order valence-corrected chi connectivity index (χ0v) is 13.5. The van der Waals surface area contributed by atoms with E-state index < -0.39 is 0 Å². The number of aryl methyl sites for hydroxylation is 1. The van der Waals surface area contributed by atoms with Crippen molar-refractivity contribution in [3.63, 3.8) is 0 Å². The number of morpholine rings is 1. The Labute approximate surface area is 141 Å². The molecule has 2 aromatic rings. The standard InChI is InChI=1S/C18H20N4O2/c23-18(22-7-3-5-14-4-1-2-6-16(14)22)15-12-17(20-13-19-15)21-8-10-24-11-9-21/h1-2,4,6,12-13H,3,5,7-11H2. The van der Waals surface area contributed by atoms with Gasteiger partial charge in [0.1, 0.15) is 17.8 Å². The van der Waals surface area contributed by atoms with Gasteiger partial charge >= 0.3 is 0 Å². The first kappa shape index (κ1) is 15.1. The van der Waals surface area contributed by atoms with Crippen LogP contribution in [-0.4, -0.2) is 48.7 Å². The fourth-order valence-electron chi connectivity index (χ4n) is 3.31. The van der Waals surface area contributed by atoms with Crippen LogP contribution in [0.4, 0.5) is 11.5 Å². The lowest BCUT2D eigenvalue weighted by Gasteiger charge is -2.30. The second-order valence-electron chi connectivity index (χ2n) is 6.05. The number of rotatable bonds is 2. The summed E-state index contributed by atoms with van der Waals surface area (Å²) in [5.74, 6) is 0.737. The lowest BCUT2D eigenvalue weighted by molar-refractivity contribution is 0.0980. The van der Waals surface area contributed by atoms with Gasteiger partial charge in [0.2, 0.25) is 0 Å². The lowest BCUT2D eigenvalue weighted by atomic mass is 10.0. The van der Waals surface area contributed by atoms with Crippen LogP contribution >= 0.6 is 0 Å². The second kappa shape index (κ2) is 6.57. The van der Waals surface area contributed by atoms with Gasteiger partial charge in [-0.1, -0.05) is 18.2 Å². The third-order valence-corrected chi connectivity index (χ3v) is 4.56. The summed E-state index contributed by atoms with van der Waals surface area (Å²) in [7, 11) is 0. The number of fused-ring (bicyclic) bond motifs is 1. The molecule has 1 aromatic carbocycles. The summed E-state index contributed by atoms with van der Waals surface area (Å²) < 4.78 is 5.37. The van der Waals surface area contributed by atoms with E-state index in [0.29, 0.717) is 18.9 Å². The number of amides is 1. The summed E-state index contributed by atoms with van der Waals surface area (Å²) in [6, 6.07) is 9.90. The molecular formula is C18H20N4O2. The van der Waals surface area contributed by atoms with E-state index in [2.05, 4.69) is 20.9 Å². The molecule has 0 spiro atoms. The maximum Gasteiger partial charge on any atom is 0.277 e. The van der Waals surface area contributed by atoms with Crippen molar-refractivity contribution in [2.75, 3.05) is 42.6 Å². The number of carbonyl (C=O) groups excluding carboxylic acids is 1. The maximum absolute atomic E-state index is 13.0.